The second-order valence-corrected chi connectivity index (χ2v) is 5.34. The summed E-state index contributed by atoms with van der Waals surface area (Å²) in [6, 6.07) is 11.7. The summed E-state index contributed by atoms with van der Waals surface area (Å²) in [5, 5.41) is 2.71. The van der Waals surface area contributed by atoms with Crippen molar-refractivity contribution in [3.63, 3.8) is 0 Å². The monoisotopic (exact) mass is 302 g/mol. The van der Waals surface area contributed by atoms with Crippen molar-refractivity contribution in [2.45, 2.75) is 18.9 Å². The molecule has 1 atom stereocenters. The van der Waals surface area contributed by atoms with Crippen molar-refractivity contribution in [3.05, 3.63) is 65.7 Å². The Bertz CT molecular complexity index is 673. The third kappa shape index (κ3) is 3.08. The number of likely N-dealkylation sites (tertiary alicyclic amines) is 1. The molecule has 0 radical (unpaired) electrons. The van der Waals surface area contributed by atoms with E-state index in [4.69, 9.17) is 0 Å². The maximum atomic E-state index is 13.2. The van der Waals surface area contributed by atoms with E-state index in [1.807, 2.05) is 0 Å². The lowest BCUT2D eigenvalue weighted by atomic mass is 10.0. The van der Waals surface area contributed by atoms with Gasteiger partial charge in [-0.3, -0.25) is 0 Å². The number of halogens is 2. The number of nitrogens with zero attached hydrogens (tertiary/aromatic N) is 1. The summed E-state index contributed by atoms with van der Waals surface area (Å²) < 4.78 is 26.2. The molecule has 1 N–H and O–H groups in total. The highest BCUT2D eigenvalue weighted by molar-refractivity contribution is 5.89. The maximum Gasteiger partial charge on any atom is 0.322 e. The van der Waals surface area contributed by atoms with Crippen LogP contribution in [-0.2, 0) is 0 Å². The SMILES string of the molecule is O=C(Nc1cccc(F)c1)N1CCCC1c1ccc(F)cc1. The van der Waals surface area contributed by atoms with Gasteiger partial charge >= 0.3 is 6.03 Å². The van der Waals surface area contributed by atoms with Crippen LogP contribution in [-0.4, -0.2) is 17.5 Å². The Kier molecular flexibility index (Phi) is 4.04. The van der Waals surface area contributed by atoms with Crippen molar-refractivity contribution in [3.8, 4) is 0 Å². The van der Waals surface area contributed by atoms with Crippen molar-refractivity contribution < 1.29 is 13.6 Å². The fourth-order valence-corrected chi connectivity index (χ4v) is 2.80. The van der Waals surface area contributed by atoms with E-state index >= 15 is 0 Å². The van der Waals surface area contributed by atoms with Gasteiger partial charge in [0.05, 0.1) is 6.04 Å². The first-order valence-corrected chi connectivity index (χ1v) is 7.22. The van der Waals surface area contributed by atoms with Gasteiger partial charge in [-0.05, 0) is 48.7 Å². The Labute approximate surface area is 127 Å². The molecule has 2 amide bonds. The smallest absolute Gasteiger partial charge is 0.317 e. The summed E-state index contributed by atoms with van der Waals surface area (Å²) in [4.78, 5) is 14.1. The molecule has 0 saturated carbocycles. The molecule has 1 heterocycles. The normalized spacial score (nSPS) is 17.5. The molecule has 2 aromatic rings. The number of carbonyl (C=O) groups excluding carboxylic acids is 1. The first-order valence-electron chi connectivity index (χ1n) is 7.22. The maximum absolute atomic E-state index is 13.2. The van der Waals surface area contributed by atoms with E-state index in [9.17, 15) is 13.6 Å². The second-order valence-electron chi connectivity index (χ2n) is 5.34. The molecule has 3 nitrogen and oxygen atoms in total. The number of hydrogen-bond acceptors (Lipinski definition) is 1. The minimum Gasteiger partial charge on any atom is -0.317 e. The molecule has 22 heavy (non-hydrogen) atoms. The second kappa shape index (κ2) is 6.13. The number of benzene rings is 2. The highest BCUT2D eigenvalue weighted by Crippen LogP contribution is 2.32. The van der Waals surface area contributed by atoms with Crippen molar-refractivity contribution in [1.29, 1.82) is 0 Å². The fraction of sp³-hybridized carbons (Fsp3) is 0.235. The van der Waals surface area contributed by atoms with Gasteiger partial charge in [-0.15, -0.1) is 0 Å². The third-order valence-corrected chi connectivity index (χ3v) is 3.84. The van der Waals surface area contributed by atoms with Gasteiger partial charge in [-0.2, -0.15) is 0 Å². The van der Waals surface area contributed by atoms with E-state index in [1.54, 1.807) is 29.2 Å². The van der Waals surface area contributed by atoms with Gasteiger partial charge in [0, 0.05) is 12.2 Å². The van der Waals surface area contributed by atoms with E-state index < -0.39 is 5.82 Å². The van der Waals surface area contributed by atoms with Crippen molar-refractivity contribution in [2.75, 3.05) is 11.9 Å². The van der Waals surface area contributed by atoms with E-state index in [-0.39, 0.29) is 17.9 Å². The molecule has 0 aromatic heterocycles. The minimum atomic E-state index is -0.394. The molecule has 1 saturated heterocycles. The van der Waals surface area contributed by atoms with Crippen LogP contribution in [0, 0.1) is 11.6 Å². The highest BCUT2D eigenvalue weighted by atomic mass is 19.1. The molecular formula is C17H16F2N2O. The highest BCUT2D eigenvalue weighted by Gasteiger charge is 2.30. The summed E-state index contributed by atoms with van der Waals surface area (Å²) >= 11 is 0. The molecule has 1 aliphatic heterocycles. The summed E-state index contributed by atoms with van der Waals surface area (Å²) in [7, 11) is 0. The van der Waals surface area contributed by atoms with Gasteiger partial charge in [0.15, 0.2) is 0 Å². The topological polar surface area (TPSA) is 32.3 Å². The molecule has 0 aliphatic carbocycles. The lowest BCUT2D eigenvalue weighted by Gasteiger charge is -2.25. The molecule has 1 unspecified atom stereocenters. The van der Waals surface area contributed by atoms with Crippen LogP contribution in [0.4, 0.5) is 19.3 Å². The van der Waals surface area contributed by atoms with Gasteiger partial charge in [-0.25, -0.2) is 13.6 Å². The van der Waals surface area contributed by atoms with Gasteiger partial charge in [0.1, 0.15) is 11.6 Å². The van der Waals surface area contributed by atoms with E-state index in [2.05, 4.69) is 5.32 Å². The van der Waals surface area contributed by atoms with Crippen LogP contribution in [0.5, 0.6) is 0 Å². The first-order chi connectivity index (χ1) is 10.6. The zero-order chi connectivity index (χ0) is 15.5. The zero-order valence-corrected chi connectivity index (χ0v) is 11.9. The summed E-state index contributed by atoms with van der Waals surface area (Å²) in [5.74, 6) is -0.688. The van der Waals surface area contributed by atoms with Crippen LogP contribution in [0.3, 0.4) is 0 Å². The third-order valence-electron chi connectivity index (χ3n) is 3.84. The molecule has 0 spiro atoms. The lowest BCUT2D eigenvalue weighted by Crippen LogP contribution is -2.34. The number of rotatable bonds is 2. The fourth-order valence-electron chi connectivity index (χ4n) is 2.80. The zero-order valence-electron chi connectivity index (χ0n) is 11.9. The number of hydrogen-bond donors (Lipinski definition) is 1. The summed E-state index contributed by atoms with van der Waals surface area (Å²) in [5.41, 5.74) is 1.34. The number of carbonyl (C=O) groups is 1. The van der Waals surface area contributed by atoms with E-state index in [0.29, 0.717) is 12.2 Å². The van der Waals surface area contributed by atoms with Crippen LogP contribution in [0.15, 0.2) is 48.5 Å². The average molecular weight is 302 g/mol. The van der Waals surface area contributed by atoms with Crippen LogP contribution in [0.25, 0.3) is 0 Å². The molecular weight excluding hydrogens is 286 g/mol. The van der Waals surface area contributed by atoms with Gasteiger partial charge in [0.25, 0.3) is 0 Å². The number of nitrogens with one attached hydrogen (secondary N) is 1. The van der Waals surface area contributed by atoms with Gasteiger partial charge in [-0.1, -0.05) is 18.2 Å². The number of amides is 2. The largest absolute Gasteiger partial charge is 0.322 e. The van der Waals surface area contributed by atoms with Crippen molar-refractivity contribution >= 4 is 11.7 Å². The minimum absolute atomic E-state index is 0.0749. The first kappa shape index (κ1) is 14.5. The predicted octanol–water partition coefficient (Wildman–Crippen LogP) is 4.33. The summed E-state index contributed by atoms with van der Waals surface area (Å²) in [6.07, 6.45) is 1.72. The van der Waals surface area contributed by atoms with Crippen LogP contribution in [0.2, 0.25) is 0 Å². The quantitative estimate of drug-likeness (QED) is 0.879. The summed E-state index contributed by atoms with van der Waals surface area (Å²) in [6.45, 7) is 0.628. The molecule has 5 heteroatoms. The predicted molar refractivity (Wildman–Crippen MR) is 80.5 cm³/mol. The van der Waals surface area contributed by atoms with Crippen LogP contribution >= 0.6 is 0 Å². The van der Waals surface area contributed by atoms with Crippen molar-refractivity contribution in [1.82, 2.24) is 4.90 Å². The molecule has 114 valence electrons. The number of urea groups is 1. The molecule has 0 bridgehead atoms. The molecule has 1 aliphatic rings. The van der Waals surface area contributed by atoms with E-state index in [0.717, 1.165) is 18.4 Å². The lowest BCUT2D eigenvalue weighted by molar-refractivity contribution is 0.207. The molecule has 2 aromatic carbocycles. The van der Waals surface area contributed by atoms with Gasteiger partial charge < -0.3 is 10.2 Å². The Hall–Kier alpha value is -2.43. The van der Waals surface area contributed by atoms with Crippen LogP contribution in [0.1, 0.15) is 24.4 Å². The van der Waals surface area contributed by atoms with Gasteiger partial charge in [0.2, 0.25) is 0 Å². The Morgan fingerprint density at radius 1 is 1.09 bits per heavy atom. The Morgan fingerprint density at radius 3 is 2.59 bits per heavy atom. The number of anilines is 1. The molecule has 3 rings (SSSR count). The van der Waals surface area contributed by atoms with Crippen LogP contribution < -0.4 is 5.32 Å². The van der Waals surface area contributed by atoms with E-state index in [1.165, 1.54) is 24.3 Å². The Balaban J connectivity index is 1.75. The Morgan fingerprint density at radius 2 is 1.86 bits per heavy atom. The molecule has 1 fully saturated rings. The standard InChI is InChI=1S/C17H16F2N2O/c18-13-8-6-12(7-9-13)16-5-2-10-21(16)17(22)20-15-4-1-3-14(19)11-15/h1,3-4,6-9,11,16H,2,5,10H2,(H,20,22). The van der Waals surface area contributed by atoms with Crippen molar-refractivity contribution in [2.24, 2.45) is 0 Å². The average Bonchev–Trinajstić information content (AvgIpc) is 2.97.